The number of allylic oxidation sites excluding steroid dienone is 5. The van der Waals surface area contributed by atoms with E-state index in [2.05, 4.69) is 43.5 Å². The molecule has 19 nitrogen and oxygen atoms in total. The van der Waals surface area contributed by atoms with Gasteiger partial charge in [-0.25, -0.2) is 0 Å². The van der Waals surface area contributed by atoms with E-state index in [1.54, 1.807) is 6.08 Å². The molecular weight excluding hydrogens is 1230 g/mol. The smallest absolute Gasteiger partial charge is 0.220 e. The Hall–Kier alpha value is -1.99. The second-order valence-corrected chi connectivity index (χ2v) is 28.2. The number of ether oxygens (including phenoxy) is 6. The summed E-state index contributed by atoms with van der Waals surface area (Å²) in [5, 5.41) is 120. The van der Waals surface area contributed by atoms with Gasteiger partial charge in [0.15, 0.2) is 18.9 Å². The molecule has 0 radical (unpaired) electrons. The number of aliphatic hydroxyl groups is 11. The van der Waals surface area contributed by atoms with E-state index in [0.29, 0.717) is 12.8 Å². The van der Waals surface area contributed by atoms with Crippen LogP contribution in [0.5, 0.6) is 0 Å². The lowest BCUT2D eigenvalue weighted by atomic mass is 9.96. The molecule has 12 N–H and O–H groups in total. The van der Waals surface area contributed by atoms with E-state index in [4.69, 9.17) is 28.4 Å². The van der Waals surface area contributed by atoms with Crippen molar-refractivity contribution in [1.82, 2.24) is 5.32 Å². The number of nitrogens with one attached hydrogen (secondary N) is 1. The monoisotopic (exact) mass is 1370 g/mol. The minimum atomic E-state index is -1.98. The molecular formula is C77H143NO18. The van der Waals surface area contributed by atoms with Crippen molar-refractivity contribution in [2.45, 2.75) is 420 Å². The van der Waals surface area contributed by atoms with Crippen LogP contribution in [-0.2, 0) is 33.2 Å². The fraction of sp³-hybridized carbons (Fsp3) is 0.909. The first kappa shape index (κ1) is 88.2. The Morgan fingerprint density at radius 3 is 1.04 bits per heavy atom. The van der Waals surface area contributed by atoms with Gasteiger partial charge in [0.2, 0.25) is 5.91 Å². The molecule has 0 aromatic rings. The van der Waals surface area contributed by atoms with E-state index in [-0.39, 0.29) is 18.9 Å². The highest BCUT2D eigenvalue weighted by Crippen LogP contribution is 2.33. The molecule has 3 aliphatic rings. The van der Waals surface area contributed by atoms with E-state index in [9.17, 15) is 61.0 Å². The van der Waals surface area contributed by atoms with Crippen LogP contribution >= 0.6 is 0 Å². The zero-order valence-corrected chi connectivity index (χ0v) is 60.1. The molecule has 0 saturated carbocycles. The van der Waals surface area contributed by atoms with Crippen LogP contribution in [0.25, 0.3) is 0 Å². The van der Waals surface area contributed by atoms with Gasteiger partial charge in [0.1, 0.15) is 73.2 Å². The highest BCUT2D eigenvalue weighted by atomic mass is 16.8. The molecule has 3 aliphatic heterocycles. The fourth-order valence-electron chi connectivity index (χ4n) is 13.3. The summed E-state index contributed by atoms with van der Waals surface area (Å²) in [6.07, 6.45) is 44.7. The van der Waals surface area contributed by atoms with Crippen molar-refractivity contribution >= 4 is 5.91 Å². The van der Waals surface area contributed by atoms with Crippen molar-refractivity contribution in [2.75, 3.05) is 26.4 Å². The minimum absolute atomic E-state index is 0.239. The second-order valence-electron chi connectivity index (χ2n) is 28.2. The van der Waals surface area contributed by atoms with Crippen molar-refractivity contribution in [1.29, 1.82) is 0 Å². The van der Waals surface area contributed by atoms with Crippen molar-refractivity contribution in [2.24, 2.45) is 0 Å². The van der Waals surface area contributed by atoms with Gasteiger partial charge in [0.05, 0.1) is 38.6 Å². The predicted octanol–water partition coefficient (Wildman–Crippen LogP) is 12.3. The molecule has 0 aromatic carbocycles. The van der Waals surface area contributed by atoms with Crippen molar-refractivity contribution in [3.8, 4) is 0 Å². The van der Waals surface area contributed by atoms with E-state index in [1.807, 2.05) is 6.08 Å². The minimum Gasteiger partial charge on any atom is -0.394 e. The number of unbranched alkanes of at least 4 members (excludes halogenated alkanes) is 42. The molecule has 3 fully saturated rings. The molecule has 96 heavy (non-hydrogen) atoms. The van der Waals surface area contributed by atoms with Gasteiger partial charge >= 0.3 is 0 Å². The summed E-state index contributed by atoms with van der Waals surface area (Å²) in [4.78, 5) is 13.4. The van der Waals surface area contributed by atoms with Crippen LogP contribution in [0.4, 0.5) is 0 Å². The van der Waals surface area contributed by atoms with Crippen LogP contribution in [0.1, 0.15) is 316 Å². The normalized spacial score (nSPS) is 27.2. The Kier molecular flexibility index (Phi) is 53.8. The predicted molar refractivity (Wildman–Crippen MR) is 379 cm³/mol. The molecule has 17 atom stereocenters. The number of carbonyl (C=O) groups is 1. The van der Waals surface area contributed by atoms with Gasteiger partial charge in [-0.15, -0.1) is 0 Å². The first-order valence-electron chi connectivity index (χ1n) is 39.2. The molecule has 1 amide bonds. The van der Waals surface area contributed by atoms with Crippen LogP contribution in [0.15, 0.2) is 36.5 Å². The molecule has 0 spiro atoms. The van der Waals surface area contributed by atoms with Gasteiger partial charge < -0.3 is 89.9 Å². The zero-order valence-electron chi connectivity index (χ0n) is 60.1. The quantitative estimate of drug-likeness (QED) is 0.0199. The maximum absolute atomic E-state index is 13.4. The van der Waals surface area contributed by atoms with Crippen LogP contribution in [0.2, 0.25) is 0 Å². The highest BCUT2D eigenvalue weighted by Gasteiger charge is 2.53. The number of hydrogen-bond acceptors (Lipinski definition) is 18. The Bertz CT molecular complexity index is 1880. The van der Waals surface area contributed by atoms with E-state index >= 15 is 0 Å². The van der Waals surface area contributed by atoms with Crippen molar-refractivity contribution < 1.29 is 89.4 Å². The second kappa shape index (κ2) is 58.5. The van der Waals surface area contributed by atoms with Crippen molar-refractivity contribution in [3.05, 3.63) is 36.5 Å². The number of carbonyl (C=O) groups excluding carboxylic acids is 1. The average molecular weight is 1370 g/mol. The van der Waals surface area contributed by atoms with Gasteiger partial charge in [-0.2, -0.15) is 0 Å². The standard InChI is InChI=1S/C77H143NO18/c1-3-5-7-9-11-13-15-17-18-19-20-21-22-23-24-25-26-27-28-29-30-31-32-33-34-35-36-37-38-39-40-41-42-43-45-47-49-51-53-55-65(83)78-60(61(82)54-52-50-48-46-44-16-14-12-10-8-6-4-2)59-91-75-71(89)68(86)73(63(57-80)93-75)96-77-72(90)69(87)74(64(58-81)94-77)95-76-70(88)67(85)66(84)62(56-79)92-76/h19-20,44,46,52,54,60-64,66-77,79-82,84-90H,3-18,21-43,45,47-51,53,55-59H2,1-2H3,(H,78,83)/b20-19-,46-44+,54-52+. The Labute approximate surface area is 581 Å². The molecule has 19 heteroatoms. The number of hydrogen-bond donors (Lipinski definition) is 12. The lowest BCUT2D eigenvalue weighted by Gasteiger charge is -2.48. The zero-order chi connectivity index (χ0) is 69.6. The first-order valence-corrected chi connectivity index (χ1v) is 39.2. The first-order chi connectivity index (χ1) is 46.8. The Morgan fingerprint density at radius 2 is 0.667 bits per heavy atom. The summed E-state index contributed by atoms with van der Waals surface area (Å²) in [6.45, 7) is 1.71. The summed E-state index contributed by atoms with van der Waals surface area (Å²) >= 11 is 0. The summed E-state index contributed by atoms with van der Waals surface area (Å²) in [7, 11) is 0. The van der Waals surface area contributed by atoms with E-state index in [1.165, 1.54) is 244 Å². The third kappa shape index (κ3) is 38.9. The molecule has 0 aromatic heterocycles. The molecule has 564 valence electrons. The highest BCUT2D eigenvalue weighted by molar-refractivity contribution is 5.76. The maximum Gasteiger partial charge on any atom is 0.220 e. The summed E-state index contributed by atoms with van der Waals surface area (Å²) in [6, 6.07) is -0.987. The van der Waals surface area contributed by atoms with Gasteiger partial charge in [-0.3, -0.25) is 4.79 Å². The lowest BCUT2D eigenvalue weighted by molar-refractivity contribution is -0.379. The molecule has 3 saturated heterocycles. The summed E-state index contributed by atoms with van der Waals surface area (Å²) in [5.74, 6) is -0.281. The number of aliphatic hydroxyl groups excluding tert-OH is 11. The van der Waals surface area contributed by atoms with Crippen LogP contribution in [0, 0.1) is 0 Å². The van der Waals surface area contributed by atoms with Gasteiger partial charge in [-0.05, 0) is 57.8 Å². The summed E-state index contributed by atoms with van der Waals surface area (Å²) in [5.41, 5.74) is 0. The Morgan fingerprint density at radius 1 is 0.365 bits per heavy atom. The maximum atomic E-state index is 13.4. The third-order valence-electron chi connectivity index (χ3n) is 19.7. The van der Waals surface area contributed by atoms with Gasteiger partial charge in [0, 0.05) is 6.42 Å². The average Bonchev–Trinajstić information content (AvgIpc) is 0.789. The van der Waals surface area contributed by atoms with E-state index < -0.39 is 124 Å². The van der Waals surface area contributed by atoms with Crippen LogP contribution < -0.4 is 5.32 Å². The number of rotatable bonds is 62. The third-order valence-corrected chi connectivity index (χ3v) is 19.7. The van der Waals surface area contributed by atoms with Crippen molar-refractivity contribution in [3.63, 3.8) is 0 Å². The SMILES string of the molecule is CCCCCCCC/C=C/CC/C=C/C(O)C(COC1OC(CO)C(OC2OC(CO)C(OC3OC(CO)C(O)C(O)C3O)C(O)C2O)C(O)C1O)NC(=O)CCCCCCCCCCCCCCCCCCCCCCCCCCCCC/C=C\CCCCCCCCCC. The van der Waals surface area contributed by atoms with Gasteiger partial charge in [-0.1, -0.05) is 288 Å². The number of amides is 1. The fourth-order valence-corrected chi connectivity index (χ4v) is 13.3. The van der Waals surface area contributed by atoms with Crippen LogP contribution in [-0.4, -0.2) is 193 Å². The molecule has 0 bridgehead atoms. The Balaban J connectivity index is 1.27. The molecule has 3 heterocycles. The lowest BCUT2D eigenvalue weighted by Crippen LogP contribution is -2.66. The van der Waals surface area contributed by atoms with Gasteiger partial charge in [0.25, 0.3) is 0 Å². The molecule has 0 aliphatic carbocycles. The topological polar surface area (TPSA) is 307 Å². The molecule has 17 unspecified atom stereocenters. The molecule has 3 rings (SSSR count). The van der Waals surface area contributed by atoms with Crippen LogP contribution in [0.3, 0.4) is 0 Å². The summed E-state index contributed by atoms with van der Waals surface area (Å²) < 4.78 is 34.3. The largest absolute Gasteiger partial charge is 0.394 e. The van der Waals surface area contributed by atoms with E-state index in [0.717, 1.165) is 38.5 Å².